The lowest BCUT2D eigenvalue weighted by molar-refractivity contribution is 0.157. The van der Waals surface area contributed by atoms with Crippen molar-refractivity contribution in [1.82, 2.24) is 14.6 Å². The summed E-state index contributed by atoms with van der Waals surface area (Å²) in [5, 5.41) is 1.06. The standard InChI is InChI=1S/C13H14N4O/c1-2-7-18-16-17-9-15-12-8-14-11-6-4-3-5-10(11)13(12)17/h3-6,8-9,16H,2,7H2,1H3. The van der Waals surface area contributed by atoms with Crippen LogP contribution in [0.15, 0.2) is 36.8 Å². The molecule has 5 nitrogen and oxygen atoms in total. The summed E-state index contributed by atoms with van der Waals surface area (Å²) in [5.74, 6) is 0. The van der Waals surface area contributed by atoms with Gasteiger partial charge in [-0.15, -0.1) is 0 Å². The van der Waals surface area contributed by atoms with Crippen LogP contribution in [-0.2, 0) is 4.84 Å². The zero-order chi connectivity index (χ0) is 12.4. The number of fused-ring (bicyclic) bond motifs is 3. The quantitative estimate of drug-likeness (QED) is 0.564. The number of pyridine rings is 1. The fraction of sp³-hybridized carbons (Fsp3) is 0.231. The van der Waals surface area contributed by atoms with Crippen LogP contribution in [0.3, 0.4) is 0 Å². The van der Waals surface area contributed by atoms with Crippen LogP contribution in [0, 0.1) is 0 Å². The first-order chi connectivity index (χ1) is 8.90. The summed E-state index contributed by atoms with van der Waals surface area (Å²) in [7, 11) is 0. The van der Waals surface area contributed by atoms with Gasteiger partial charge in [0.15, 0.2) is 0 Å². The number of nitrogens with zero attached hydrogens (tertiary/aromatic N) is 3. The van der Waals surface area contributed by atoms with Crippen LogP contribution in [-0.4, -0.2) is 21.3 Å². The van der Waals surface area contributed by atoms with E-state index >= 15 is 0 Å². The van der Waals surface area contributed by atoms with Crippen LogP contribution >= 0.6 is 0 Å². The van der Waals surface area contributed by atoms with Crippen LogP contribution < -0.4 is 5.59 Å². The molecule has 0 saturated heterocycles. The van der Waals surface area contributed by atoms with E-state index in [0.29, 0.717) is 6.61 Å². The van der Waals surface area contributed by atoms with Crippen molar-refractivity contribution in [3.05, 3.63) is 36.8 Å². The maximum Gasteiger partial charge on any atom is 0.118 e. The second-order valence-corrected chi connectivity index (χ2v) is 4.06. The Balaban J connectivity index is 2.12. The monoisotopic (exact) mass is 242 g/mol. The van der Waals surface area contributed by atoms with Crippen LogP contribution in [0.25, 0.3) is 21.9 Å². The van der Waals surface area contributed by atoms with Gasteiger partial charge in [-0.1, -0.05) is 25.1 Å². The fourth-order valence-electron chi connectivity index (χ4n) is 1.93. The smallest absolute Gasteiger partial charge is 0.118 e. The summed E-state index contributed by atoms with van der Waals surface area (Å²) >= 11 is 0. The zero-order valence-corrected chi connectivity index (χ0v) is 10.1. The molecule has 3 rings (SSSR count). The van der Waals surface area contributed by atoms with E-state index in [2.05, 4.69) is 22.5 Å². The molecule has 0 saturated carbocycles. The molecule has 18 heavy (non-hydrogen) atoms. The first-order valence-corrected chi connectivity index (χ1v) is 5.98. The molecule has 3 aromatic rings. The average molecular weight is 242 g/mol. The average Bonchev–Trinajstić information content (AvgIpc) is 2.83. The molecule has 0 aliphatic rings. The third-order valence-corrected chi connectivity index (χ3v) is 2.75. The molecule has 2 aromatic heterocycles. The second kappa shape index (κ2) is 4.62. The lowest BCUT2D eigenvalue weighted by Crippen LogP contribution is -2.14. The minimum Gasteiger partial charge on any atom is -0.260 e. The van der Waals surface area contributed by atoms with Crippen LogP contribution in [0.1, 0.15) is 13.3 Å². The van der Waals surface area contributed by atoms with Crippen molar-refractivity contribution in [2.24, 2.45) is 0 Å². The van der Waals surface area contributed by atoms with Gasteiger partial charge in [0.05, 0.1) is 18.3 Å². The molecule has 0 fully saturated rings. The Kier molecular flexibility index (Phi) is 2.82. The number of rotatable bonds is 4. The molecular weight excluding hydrogens is 228 g/mol. The number of aromatic nitrogens is 3. The van der Waals surface area contributed by atoms with Crippen molar-refractivity contribution in [3.8, 4) is 0 Å². The van der Waals surface area contributed by atoms with Gasteiger partial charge in [-0.3, -0.25) is 9.82 Å². The maximum absolute atomic E-state index is 5.34. The van der Waals surface area contributed by atoms with Gasteiger partial charge < -0.3 is 0 Å². The summed E-state index contributed by atoms with van der Waals surface area (Å²) in [6, 6.07) is 7.99. The first-order valence-electron chi connectivity index (χ1n) is 5.98. The number of hydrogen-bond donors (Lipinski definition) is 1. The molecule has 1 aromatic carbocycles. The predicted octanol–water partition coefficient (Wildman–Crippen LogP) is 2.47. The number of benzene rings is 1. The molecule has 1 N–H and O–H groups in total. The Bertz CT molecular complexity index is 677. The lowest BCUT2D eigenvalue weighted by Gasteiger charge is -2.08. The van der Waals surface area contributed by atoms with Crippen molar-refractivity contribution in [1.29, 1.82) is 0 Å². The molecule has 5 heteroatoms. The highest BCUT2D eigenvalue weighted by Crippen LogP contribution is 2.21. The SMILES string of the molecule is CCCONn1cnc2cnc3ccccc3c21. The van der Waals surface area contributed by atoms with Gasteiger partial charge in [0.1, 0.15) is 17.4 Å². The molecule has 0 aliphatic heterocycles. The van der Waals surface area contributed by atoms with E-state index in [4.69, 9.17) is 4.84 Å². The number of imidazole rings is 1. The van der Waals surface area contributed by atoms with Gasteiger partial charge >= 0.3 is 0 Å². The highest BCUT2D eigenvalue weighted by molar-refractivity contribution is 6.01. The third kappa shape index (κ3) is 1.78. The second-order valence-electron chi connectivity index (χ2n) is 4.06. The Morgan fingerprint density at radius 3 is 3.00 bits per heavy atom. The van der Waals surface area contributed by atoms with Crippen LogP contribution in [0.2, 0.25) is 0 Å². The van der Waals surface area contributed by atoms with E-state index in [9.17, 15) is 0 Å². The maximum atomic E-state index is 5.34. The summed E-state index contributed by atoms with van der Waals surface area (Å²) in [5.41, 5.74) is 5.67. The molecule has 0 aliphatic carbocycles. The van der Waals surface area contributed by atoms with E-state index in [1.54, 1.807) is 17.2 Å². The molecule has 0 spiro atoms. The summed E-state index contributed by atoms with van der Waals surface area (Å²) < 4.78 is 1.79. The minimum atomic E-state index is 0.655. The largest absolute Gasteiger partial charge is 0.260 e. The van der Waals surface area contributed by atoms with Gasteiger partial charge in [0, 0.05) is 5.39 Å². The van der Waals surface area contributed by atoms with Crippen molar-refractivity contribution < 1.29 is 4.84 Å². The number of para-hydroxylation sites is 1. The van der Waals surface area contributed by atoms with Gasteiger partial charge in [0.25, 0.3) is 0 Å². The van der Waals surface area contributed by atoms with Crippen LogP contribution in [0.5, 0.6) is 0 Å². The zero-order valence-electron chi connectivity index (χ0n) is 10.1. The summed E-state index contributed by atoms with van der Waals surface area (Å²) in [6.45, 7) is 2.72. The normalized spacial score (nSPS) is 11.2. The molecule has 0 amide bonds. The van der Waals surface area contributed by atoms with Gasteiger partial charge in [-0.05, 0) is 12.5 Å². The Hall–Kier alpha value is -2.14. The Labute approximate surface area is 104 Å². The van der Waals surface area contributed by atoms with E-state index in [1.165, 1.54) is 0 Å². The minimum absolute atomic E-state index is 0.655. The highest BCUT2D eigenvalue weighted by Gasteiger charge is 2.07. The van der Waals surface area contributed by atoms with E-state index < -0.39 is 0 Å². The fourth-order valence-corrected chi connectivity index (χ4v) is 1.93. The molecule has 0 unspecified atom stereocenters. The van der Waals surface area contributed by atoms with Crippen molar-refractivity contribution in [2.75, 3.05) is 12.2 Å². The molecule has 0 radical (unpaired) electrons. The lowest BCUT2D eigenvalue weighted by atomic mass is 10.2. The van der Waals surface area contributed by atoms with Crippen molar-refractivity contribution in [2.45, 2.75) is 13.3 Å². The number of hydrogen-bond acceptors (Lipinski definition) is 4. The molecule has 0 atom stereocenters. The van der Waals surface area contributed by atoms with Gasteiger partial charge in [-0.2, -0.15) is 0 Å². The topological polar surface area (TPSA) is 52.0 Å². The van der Waals surface area contributed by atoms with E-state index in [0.717, 1.165) is 28.4 Å². The molecular formula is C13H14N4O. The number of nitrogens with one attached hydrogen (secondary N) is 1. The molecule has 0 bridgehead atoms. The van der Waals surface area contributed by atoms with Crippen molar-refractivity contribution >= 4 is 21.9 Å². The van der Waals surface area contributed by atoms with Gasteiger partial charge in [-0.25, -0.2) is 15.2 Å². The third-order valence-electron chi connectivity index (χ3n) is 2.75. The van der Waals surface area contributed by atoms with E-state index in [-0.39, 0.29) is 0 Å². The predicted molar refractivity (Wildman–Crippen MR) is 70.6 cm³/mol. The first kappa shape index (κ1) is 11.0. The van der Waals surface area contributed by atoms with Crippen molar-refractivity contribution in [3.63, 3.8) is 0 Å². The Morgan fingerprint density at radius 1 is 1.22 bits per heavy atom. The van der Waals surface area contributed by atoms with Crippen LogP contribution in [0.4, 0.5) is 0 Å². The molecule has 92 valence electrons. The highest BCUT2D eigenvalue weighted by atomic mass is 16.7. The van der Waals surface area contributed by atoms with Gasteiger partial charge in [0.2, 0.25) is 0 Å². The molecule has 2 heterocycles. The van der Waals surface area contributed by atoms with E-state index in [1.807, 2.05) is 24.3 Å². The Morgan fingerprint density at radius 2 is 2.11 bits per heavy atom. The summed E-state index contributed by atoms with van der Waals surface area (Å²) in [6.07, 6.45) is 4.44. The summed E-state index contributed by atoms with van der Waals surface area (Å²) in [4.78, 5) is 14.0.